The van der Waals surface area contributed by atoms with Gasteiger partial charge in [0.15, 0.2) is 0 Å². The third kappa shape index (κ3) is 3.40. The molecule has 0 saturated heterocycles. The van der Waals surface area contributed by atoms with Gasteiger partial charge in [-0.2, -0.15) is 0 Å². The number of carbonyl (C=O) groups excluding carboxylic acids is 1. The van der Waals surface area contributed by atoms with Gasteiger partial charge in [0.2, 0.25) is 5.91 Å². The van der Waals surface area contributed by atoms with Crippen LogP contribution in [0.5, 0.6) is 0 Å². The molecule has 3 N–H and O–H groups in total. The molecular weight excluding hydrogens is 248 g/mol. The van der Waals surface area contributed by atoms with Crippen LogP contribution in [0.25, 0.3) is 0 Å². The molecule has 3 unspecified atom stereocenters. The van der Waals surface area contributed by atoms with Gasteiger partial charge in [0.1, 0.15) is 0 Å². The standard InChI is InChI=1S/C17H26N2O/c1-11(2)16(15-7-5-4-6-12(15)3)19-17(20)13-8-9-14(18)10-13/h4-7,11,13-14,16H,8-10,18H2,1-3H3,(H,19,20). The van der Waals surface area contributed by atoms with Crippen molar-refractivity contribution in [1.82, 2.24) is 5.32 Å². The molecule has 1 aliphatic rings. The summed E-state index contributed by atoms with van der Waals surface area (Å²) < 4.78 is 0. The SMILES string of the molecule is Cc1ccccc1C(NC(=O)C1CCC(N)C1)C(C)C. The van der Waals surface area contributed by atoms with E-state index in [4.69, 9.17) is 5.73 Å². The zero-order valence-electron chi connectivity index (χ0n) is 12.7. The van der Waals surface area contributed by atoms with Crippen molar-refractivity contribution in [2.24, 2.45) is 17.6 Å². The third-order valence-corrected chi connectivity index (χ3v) is 4.33. The molecule has 110 valence electrons. The van der Waals surface area contributed by atoms with Gasteiger partial charge in [-0.15, -0.1) is 0 Å². The zero-order chi connectivity index (χ0) is 14.7. The Morgan fingerprint density at radius 3 is 2.55 bits per heavy atom. The Labute approximate surface area is 121 Å². The van der Waals surface area contributed by atoms with Crippen LogP contribution in [-0.2, 0) is 4.79 Å². The Morgan fingerprint density at radius 2 is 2.00 bits per heavy atom. The summed E-state index contributed by atoms with van der Waals surface area (Å²) in [5.41, 5.74) is 8.36. The molecule has 1 amide bonds. The van der Waals surface area contributed by atoms with E-state index in [1.165, 1.54) is 11.1 Å². The minimum atomic E-state index is 0.0838. The van der Waals surface area contributed by atoms with E-state index in [1.54, 1.807) is 0 Å². The molecule has 1 fully saturated rings. The molecule has 3 atom stereocenters. The van der Waals surface area contributed by atoms with E-state index in [2.05, 4.69) is 38.2 Å². The quantitative estimate of drug-likeness (QED) is 0.887. The molecule has 2 rings (SSSR count). The molecule has 1 aromatic rings. The van der Waals surface area contributed by atoms with Crippen LogP contribution in [0.1, 0.15) is 50.3 Å². The van der Waals surface area contributed by atoms with Crippen molar-refractivity contribution in [3.63, 3.8) is 0 Å². The number of nitrogens with two attached hydrogens (primary N) is 1. The number of hydrogen-bond donors (Lipinski definition) is 2. The lowest BCUT2D eigenvalue weighted by molar-refractivity contribution is -0.125. The fraction of sp³-hybridized carbons (Fsp3) is 0.588. The largest absolute Gasteiger partial charge is 0.349 e. The summed E-state index contributed by atoms with van der Waals surface area (Å²) in [5, 5.41) is 3.24. The van der Waals surface area contributed by atoms with E-state index in [0.29, 0.717) is 5.92 Å². The highest BCUT2D eigenvalue weighted by Gasteiger charge is 2.30. The molecule has 0 heterocycles. The van der Waals surface area contributed by atoms with Crippen LogP contribution in [0.15, 0.2) is 24.3 Å². The predicted octanol–water partition coefficient (Wildman–Crippen LogP) is 2.94. The molecule has 0 aromatic heterocycles. The van der Waals surface area contributed by atoms with Crippen molar-refractivity contribution in [2.45, 2.75) is 52.1 Å². The van der Waals surface area contributed by atoms with Gasteiger partial charge in [0.25, 0.3) is 0 Å². The number of rotatable bonds is 4. The Morgan fingerprint density at radius 1 is 1.30 bits per heavy atom. The molecule has 20 heavy (non-hydrogen) atoms. The summed E-state index contributed by atoms with van der Waals surface area (Å²) in [6.45, 7) is 6.40. The van der Waals surface area contributed by atoms with Crippen molar-refractivity contribution in [3.05, 3.63) is 35.4 Å². The molecular formula is C17H26N2O. The van der Waals surface area contributed by atoms with Gasteiger partial charge in [0, 0.05) is 12.0 Å². The maximum Gasteiger partial charge on any atom is 0.223 e. The number of hydrogen-bond acceptors (Lipinski definition) is 2. The number of aryl methyl sites for hydroxylation is 1. The van der Waals surface area contributed by atoms with Crippen LogP contribution in [0, 0.1) is 18.8 Å². The molecule has 1 aliphatic carbocycles. The normalized spacial score (nSPS) is 23.9. The first-order valence-corrected chi connectivity index (χ1v) is 7.60. The van der Waals surface area contributed by atoms with Crippen molar-refractivity contribution in [1.29, 1.82) is 0 Å². The average Bonchev–Trinajstić information content (AvgIpc) is 2.83. The minimum absolute atomic E-state index is 0.0838. The highest BCUT2D eigenvalue weighted by Crippen LogP contribution is 2.28. The number of benzene rings is 1. The average molecular weight is 274 g/mol. The summed E-state index contributed by atoms with van der Waals surface area (Å²) in [4.78, 5) is 12.4. The van der Waals surface area contributed by atoms with Crippen LogP contribution in [0.2, 0.25) is 0 Å². The molecule has 0 spiro atoms. The van der Waals surface area contributed by atoms with Gasteiger partial charge in [-0.1, -0.05) is 38.1 Å². The van der Waals surface area contributed by atoms with E-state index in [-0.39, 0.29) is 23.9 Å². The Kier molecular flexibility index (Phi) is 4.81. The fourth-order valence-electron chi connectivity index (χ4n) is 3.06. The smallest absolute Gasteiger partial charge is 0.223 e. The monoisotopic (exact) mass is 274 g/mol. The first-order chi connectivity index (χ1) is 9.49. The van der Waals surface area contributed by atoms with Gasteiger partial charge in [-0.25, -0.2) is 0 Å². The van der Waals surface area contributed by atoms with Gasteiger partial charge in [0.05, 0.1) is 6.04 Å². The van der Waals surface area contributed by atoms with Crippen LogP contribution in [0.3, 0.4) is 0 Å². The number of carbonyl (C=O) groups is 1. The van der Waals surface area contributed by atoms with Crippen LogP contribution < -0.4 is 11.1 Å². The van der Waals surface area contributed by atoms with Gasteiger partial charge in [-0.3, -0.25) is 4.79 Å². The molecule has 1 aromatic carbocycles. The summed E-state index contributed by atoms with van der Waals surface area (Å²) in [6, 6.07) is 8.56. The fourth-order valence-corrected chi connectivity index (χ4v) is 3.06. The lowest BCUT2D eigenvalue weighted by Crippen LogP contribution is -2.36. The second kappa shape index (κ2) is 6.40. The van der Waals surface area contributed by atoms with Crippen molar-refractivity contribution in [3.8, 4) is 0 Å². The van der Waals surface area contributed by atoms with Crippen molar-refractivity contribution < 1.29 is 4.79 Å². The maximum absolute atomic E-state index is 12.4. The van der Waals surface area contributed by atoms with Gasteiger partial charge < -0.3 is 11.1 Å². The molecule has 3 heteroatoms. The van der Waals surface area contributed by atoms with Crippen molar-refractivity contribution >= 4 is 5.91 Å². The third-order valence-electron chi connectivity index (χ3n) is 4.33. The second-order valence-electron chi connectivity index (χ2n) is 6.36. The topological polar surface area (TPSA) is 55.1 Å². The first kappa shape index (κ1) is 15.0. The molecule has 0 aliphatic heterocycles. The Balaban J connectivity index is 2.10. The van der Waals surface area contributed by atoms with Gasteiger partial charge in [-0.05, 0) is 43.2 Å². The highest BCUT2D eigenvalue weighted by molar-refractivity contribution is 5.79. The van der Waals surface area contributed by atoms with E-state index in [9.17, 15) is 4.79 Å². The second-order valence-corrected chi connectivity index (χ2v) is 6.36. The van der Waals surface area contributed by atoms with E-state index < -0.39 is 0 Å². The van der Waals surface area contributed by atoms with E-state index in [1.807, 2.05) is 12.1 Å². The summed E-state index contributed by atoms with van der Waals surface area (Å²) >= 11 is 0. The number of amides is 1. The minimum Gasteiger partial charge on any atom is -0.349 e. The van der Waals surface area contributed by atoms with E-state index in [0.717, 1.165) is 19.3 Å². The Hall–Kier alpha value is -1.35. The Bertz CT molecular complexity index is 470. The molecule has 0 radical (unpaired) electrons. The van der Waals surface area contributed by atoms with Crippen LogP contribution >= 0.6 is 0 Å². The molecule has 1 saturated carbocycles. The predicted molar refractivity (Wildman–Crippen MR) is 82.2 cm³/mol. The molecule has 3 nitrogen and oxygen atoms in total. The first-order valence-electron chi connectivity index (χ1n) is 7.60. The lowest BCUT2D eigenvalue weighted by atomic mass is 9.92. The summed E-state index contributed by atoms with van der Waals surface area (Å²) in [5.74, 6) is 0.630. The van der Waals surface area contributed by atoms with Crippen LogP contribution in [-0.4, -0.2) is 11.9 Å². The lowest BCUT2D eigenvalue weighted by Gasteiger charge is -2.26. The highest BCUT2D eigenvalue weighted by atomic mass is 16.1. The summed E-state index contributed by atoms with van der Waals surface area (Å²) in [7, 11) is 0. The van der Waals surface area contributed by atoms with Gasteiger partial charge >= 0.3 is 0 Å². The van der Waals surface area contributed by atoms with E-state index >= 15 is 0 Å². The van der Waals surface area contributed by atoms with Crippen LogP contribution in [0.4, 0.5) is 0 Å². The summed E-state index contributed by atoms with van der Waals surface area (Å²) in [6.07, 6.45) is 2.71. The zero-order valence-corrected chi connectivity index (χ0v) is 12.7. The molecule has 0 bridgehead atoms. The maximum atomic E-state index is 12.4. The number of nitrogens with one attached hydrogen (secondary N) is 1. The van der Waals surface area contributed by atoms with Crippen molar-refractivity contribution in [2.75, 3.05) is 0 Å².